The zero-order valence-electron chi connectivity index (χ0n) is 11.1. The summed E-state index contributed by atoms with van der Waals surface area (Å²) in [5, 5.41) is 0. The molecule has 6 heteroatoms. The molecule has 2 rings (SSSR count). The van der Waals surface area contributed by atoms with Crippen molar-refractivity contribution >= 4 is 15.7 Å². The molecule has 20 heavy (non-hydrogen) atoms. The van der Waals surface area contributed by atoms with Crippen LogP contribution in [0.25, 0.3) is 0 Å². The second kappa shape index (κ2) is 5.50. The molecule has 0 aliphatic carbocycles. The van der Waals surface area contributed by atoms with Crippen LogP contribution >= 0.6 is 0 Å². The number of nitrogens with zero attached hydrogens (tertiary/aromatic N) is 1. The number of halogens is 1. The molecule has 2 aromatic rings. The third-order valence-electron chi connectivity index (χ3n) is 2.89. The zero-order valence-corrected chi connectivity index (χ0v) is 11.9. The van der Waals surface area contributed by atoms with Crippen molar-refractivity contribution in [1.29, 1.82) is 0 Å². The molecule has 0 saturated heterocycles. The van der Waals surface area contributed by atoms with Crippen LogP contribution in [0.15, 0.2) is 53.4 Å². The second-order valence-corrected chi connectivity index (χ2v) is 6.10. The van der Waals surface area contributed by atoms with Crippen LogP contribution in [0, 0.1) is 5.82 Å². The first-order chi connectivity index (χ1) is 9.45. The summed E-state index contributed by atoms with van der Waals surface area (Å²) in [5.74, 6) is 0.0412. The summed E-state index contributed by atoms with van der Waals surface area (Å²) in [5.41, 5.74) is 0.468. The first-order valence-electron chi connectivity index (χ1n) is 5.83. The van der Waals surface area contributed by atoms with E-state index in [0.29, 0.717) is 11.4 Å². The van der Waals surface area contributed by atoms with Crippen molar-refractivity contribution in [1.82, 2.24) is 0 Å². The normalized spacial score (nSPS) is 11.2. The molecule has 0 bridgehead atoms. The smallest absolute Gasteiger partial charge is 0.264 e. The molecule has 0 fully saturated rings. The van der Waals surface area contributed by atoms with Crippen LogP contribution in [0.3, 0.4) is 0 Å². The molecule has 2 aromatic carbocycles. The molecular weight excluding hydrogens is 281 g/mol. The Morgan fingerprint density at radius 3 is 2.30 bits per heavy atom. The predicted molar refractivity (Wildman–Crippen MR) is 75.0 cm³/mol. The van der Waals surface area contributed by atoms with Gasteiger partial charge in [0.2, 0.25) is 0 Å². The van der Waals surface area contributed by atoms with Crippen LogP contribution in [0.5, 0.6) is 5.75 Å². The minimum atomic E-state index is -3.78. The number of sulfonamides is 1. The molecule has 0 aromatic heterocycles. The summed E-state index contributed by atoms with van der Waals surface area (Å²) in [6.07, 6.45) is 0. The lowest BCUT2D eigenvalue weighted by molar-refractivity contribution is 0.415. The van der Waals surface area contributed by atoms with Gasteiger partial charge in [-0.25, -0.2) is 12.8 Å². The van der Waals surface area contributed by atoms with E-state index in [1.807, 2.05) is 0 Å². The lowest BCUT2D eigenvalue weighted by atomic mass is 10.3. The van der Waals surface area contributed by atoms with E-state index >= 15 is 0 Å². The van der Waals surface area contributed by atoms with Crippen molar-refractivity contribution in [2.24, 2.45) is 0 Å². The van der Waals surface area contributed by atoms with E-state index in [4.69, 9.17) is 4.74 Å². The quantitative estimate of drug-likeness (QED) is 0.871. The van der Waals surface area contributed by atoms with Gasteiger partial charge in [-0.05, 0) is 42.5 Å². The number of anilines is 1. The molecule has 0 atom stereocenters. The SMILES string of the molecule is COc1ccc(N(C)S(=O)(=O)c2cccc(F)c2)cc1. The largest absolute Gasteiger partial charge is 0.497 e. The summed E-state index contributed by atoms with van der Waals surface area (Å²) < 4.78 is 44.0. The van der Waals surface area contributed by atoms with Crippen molar-refractivity contribution in [3.05, 3.63) is 54.3 Å². The van der Waals surface area contributed by atoms with Gasteiger partial charge in [-0.1, -0.05) is 6.07 Å². The van der Waals surface area contributed by atoms with Gasteiger partial charge in [0.05, 0.1) is 17.7 Å². The van der Waals surface area contributed by atoms with Crippen molar-refractivity contribution < 1.29 is 17.5 Å². The maximum atomic E-state index is 13.2. The maximum absolute atomic E-state index is 13.2. The van der Waals surface area contributed by atoms with Gasteiger partial charge in [0.15, 0.2) is 0 Å². The van der Waals surface area contributed by atoms with Gasteiger partial charge in [-0.2, -0.15) is 0 Å². The number of methoxy groups -OCH3 is 1. The Morgan fingerprint density at radius 1 is 1.10 bits per heavy atom. The summed E-state index contributed by atoms with van der Waals surface area (Å²) in [6, 6.07) is 11.5. The monoisotopic (exact) mass is 295 g/mol. The van der Waals surface area contributed by atoms with E-state index in [9.17, 15) is 12.8 Å². The molecular formula is C14H14FNO3S. The van der Waals surface area contributed by atoms with E-state index in [0.717, 1.165) is 10.4 Å². The standard InChI is InChI=1S/C14H14FNO3S/c1-16(12-6-8-13(19-2)9-7-12)20(17,18)14-5-3-4-11(15)10-14/h3-10H,1-2H3. The molecule has 0 saturated carbocycles. The lowest BCUT2D eigenvalue weighted by Crippen LogP contribution is -2.26. The van der Waals surface area contributed by atoms with Gasteiger partial charge >= 0.3 is 0 Å². The first kappa shape index (κ1) is 14.3. The van der Waals surface area contributed by atoms with Crippen LogP contribution in [-0.4, -0.2) is 22.6 Å². The lowest BCUT2D eigenvalue weighted by Gasteiger charge is -2.19. The minimum Gasteiger partial charge on any atom is -0.497 e. The molecule has 0 N–H and O–H groups in total. The average molecular weight is 295 g/mol. The van der Waals surface area contributed by atoms with Crippen molar-refractivity contribution in [3.63, 3.8) is 0 Å². The highest BCUT2D eigenvalue weighted by Gasteiger charge is 2.21. The highest BCUT2D eigenvalue weighted by Crippen LogP contribution is 2.24. The molecule has 0 amide bonds. The number of hydrogen-bond donors (Lipinski definition) is 0. The predicted octanol–water partition coefficient (Wildman–Crippen LogP) is 2.66. The van der Waals surface area contributed by atoms with E-state index in [2.05, 4.69) is 0 Å². The van der Waals surface area contributed by atoms with Crippen LogP contribution in [0.4, 0.5) is 10.1 Å². The zero-order chi connectivity index (χ0) is 14.8. The summed E-state index contributed by atoms with van der Waals surface area (Å²) in [7, 11) is -0.833. The van der Waals surface area contributed by atoms with Crippen LogP contribution in [-0.2, 0) is 10.0 Å². The van der Waals surface area contributed by atoms with E-state index in [-0.39, 0.29) is 4.90 Å². The van der Waals surface area contributed by atoms with E-state index < -0.39 is 15.8 Å². The fourth-order valence-electron chi connectivity index (χ4n) is 1.72. The Kier molecular flexibility index (Phi) is 3.94. The molecule has 0 aliphatic rings. The van der Waals surface area contributed by atoms with Gasteiger partial charge in [-0.3, -0.25) is 4.31 Å². The van der Waals surface area contributed by atoms with Crippen LogP contribution in [0.1, 0.15) is 0 Å². The number of rotatable bonds is 4. The summed E-state index contributed by atoms with van der Waals surface area (Å²) >= 11 is 0. The van der Waals surface area contributed by atoms with Gasteiger partial charge in [0.1, 0.15) is 11.6 Å². The van der Waals surface area contributed by atoms with Gasteiger partial charge in [0.25, 0.3) is 10.0 Å². The maximum Gasteiger partial charge on any atom is 0.264 e. The van der Waals surface area contributed by atoms with E-state index in [1.54, 1.807) is 24.3 Å². The fourth-order valence-corrected chi connectivity index (χ4v) is 2.94. The number of ether oxygens (including phenoxy) is 1. The molecule has 106 valence electrons. The molecule has 0 unspecified atom stereocenters. The Labute approximate surface area is 117 Å². The molecule has 0 spiro atoms. The summed E-state index contributed by atoms with van der Waals surface area (Å²) in [4.78, 5) is -0.0872. The van der Waals surface area contributed by atoms with Crippen LogP contribution < -0.4 is 9.04 Å². The highest BCUT2D eigenvalue weighted by molar-refractivity contribution is 7.92. The van der Waals surface area contributed by atoms with Crippen molar-refractivity contribution in [2.45, 2.75) is 4.90 Å². The summed E-state index contributed by atoms with van der Waals surface area (Å²) in [6.45, 7) is 0. The Balaban J connectivity index is 2.37. The average Bonchev–Trinajstić information content (AvgIpc) is 2.46. The Morgan fingerprint density at radius 2 is 1.75 bits per heavy atom. The van der Waals surface area contributed by atoms with Gasteiger partial charge in [-0.15, -0.1) is 0 Å². The Hall–Kier alpha value is -2.08. The van der Waals surface area contributed by atoms with Gasteiger partial charge < -0.3 is 4.74 Å². The number of benzene rings is 2. The molecule has 4 nitrogen and oxygen atoms in total. The van der Waals surface area contributed by atoms with Crippen LogP contribution in [0.2, 0.25) is 0 Å². The molecule has 0 radical (unpaired) electrons. The van der Waals surface area contributed by atoms with Gasteiger partial charge in [0, 0.05) is 7.05 Å². The van der Waals surface area contributed by atoms with Crippen molar-refractivity contribution in [2.75, 3.05) is 18.5 Å². The second-order valence-electron chi connectivity index (χ2n) is 4.13. The molecule has 0 heterocycles. The highest BCUT2D eigenvalue weighted by atomic mass is 32.2. The topological polar surface area (TPSA) is 46.6 Å². The minimum absolute atomic E-state index is 0.0872. The van der Waals surface area contributed by atoms with Crippen molar-refractivity contribution in [3.8, 4) is 5.75 Å². The fraction of sp³-hybridized carbons (Fsp3) is 0.143. The third-order valence-corrected chi connectivity index (χ3v) is 4.67. The first-order valence-corrected chi connectivity index (χ1v) is 7.28. The third kappa shape index (κ3) is 2.75. The van der Waals surface area contributed by atoms with E-state index in [1.165, 1.54) is 32.4 Å². The Bertz CT molecular complexity index is 699. The molecule has 0 aliphatic heterocycles. The number of hydrogen-bond acceptors (Lipinski definition) is 3.